The largest absolute Gasteiger partial charge is 0.339 e. The van der Waals surface area contributed by atoms with Crippen molar-refractivity contribution < 1.29 is 4.79 Å². The molecule has 0 aliphatic rings. The van der Waals surface area contributed by atoms with E-state index in [0.29, 0.717) is 24.5 Å². The second-order valence-electron chi connectivity index (χ2n) is 3.72. The van der Waals surface area contributed by atoms with Crippen LogP contribution in [0.1, 0.15) is 24.2 Å². The summed E-state index contributed by atoms with van der Waals surface area (Å²) in [5, 5.41) is 3.98. The van der Waals surface area contributed by atoms with Gasteiger partial charge in [0, 0.05) is 19.3 Å². The molecule has 0 saturated heterocycles. The van der Waals surface area contributed by atoms with Crippen molar-refractivity contribution in [1.82, 2.24) is 24.6 Å². The molecule has 0 atom stereocenters. The first-order valence-electron chi connectivity index (χ1n) is 5.86. The van der Waals surface area contributed by atoms with Gasteiger partial charge in [-0.25, -0.2) is 14.6 Å². The summed E-state index contributed by atoms with van der Waals surface area (Å²) in [7, 11) is 0. The van der Waals surface area contributed by atoms with E-state index in [4.69, 9.17) is 0 Å². The number of rotatable bonds is 4. The van der Waals surface area contributed by atoms with Gasteiger partial charge in [0.1, 0.15) is 12.7 Å². The maximum absolute atomic E-state index is 12.1. The molecule has 0 aliphatic carbocycles. The molecule has 0 saturated carbocycles. The number of hydrogen-bond acceptors (Lipinski definition) is 4. The van der Waals surface area contributed by atoms with Gasteiger partial charge < -0.3 is 4.90 Å². The molecule has 18 heavy (non-hydrogen) atoms. The minimum Gasteiger partial charge on any atom is -0.339 e. The van der Waals surface area contributed by atoms with Crippen LogP contribution >= 0.6 is 0 Å². The first-order chi connectivity index (χ1) is 8.76. The smallest absolute Gasteiger partial charge is 0.255 e. The molecule has 2 rings (SSSR count). The summed E-state index contributed by atoms with van der Waals surface area (Å²) in [4.78, 5) is 21.9. The summed E-state index contributed by atoms with van der Waals surface area (Å²) in [5.41, 5.74) is 0.586. The fraction of sp³-hybridized carbons (Fsp3) is 0.333. The molecule has 2 heterocycles. The van der Waals surface area contributed by atoms with Crippen molar-refractivity contribution in [3.8, 4) is 5.82 Å². The van der Waals surface area contributed by atoms with E-state index in [1.54, 1.807) is 34.2 Å². The lowest BCUT2D eigenvalue weighted by Gasteiger charge is -2.18. The first-order valence-corrected chi connectivity index (χ1v) is 5.86. The van der Waals surface area contributed by atoms with Gasteiger partial charge in [0.25, 0.3) is 5.91 Å². The number of carbonyl (C=O) groups excluding carboxylic acids is 1. The van der Waals surface area contributed by atoms with Gasteiger partial charge in [0.05, 0.1) is 5.56 Å². The zero-order valence-electron chi connectivity index (χ0n) is 10.4. The zero-order chi connectivity index (χ0) is 13.0. The molecule has 0 bridgehead atoms. The van der Waals surface area contributed by atoms with Crippen LogP contribution < -0.4 is 0 Å². The average molecular weight is 245 g/mol. The van der Waals surface area contributed by atoms with E-state index in [1.165, 1.54) is 6.33 Å². The van der Waals surface area contributed by atoms with Crippen molar-refractivity contribution in [2.45, 2.75) is 13.8 Å². The van der Waals surface area contributed by atoms with E-state index in [-0.39, 0.29) is 5.91 Å². The maximum Gasteiger partial charge on any atom is 0.255 e. The quantitative estimate of drug-likeness (QED) is 0.810. The lowest BCUT2D eigenvalue weighted by Crippen LogP contribution is -2.30. The van der Waals surface area contributed by atoms with E-state index in [2.05, 4.69) is 15.1 Å². The summed E-state index contributed by atoms with van der Waals surface area (Å²) >= 11 is 0. The molecule has 6 nitrogen and oxygen atoms in total. The van der Waals surface area contributed by atoms with E-state index >= 15 is 0 Å². The topological polar surface area (TPSA) is 63.9 Å². The van der Waals surface area contributed by atoms with Crippen LogP contribution in [0.3, 0.4) is 0 Å². The predicted molar refractivity (Wildman–Crippen MR) is 66.4 cm³/mol. The summed E-state index contributed by atoms with van der Waals surface area (Å²) in [5.74, 6) is 0.640. The van der Waals surface area contributed by atoms with Gasteiger partial charge in [-0.05, 0) is 26.0 Å². The third kappa shape index (κ3) is 2.37. The number of nitrogens with zero attached hydrogens (tertiary/aromatic N) is 5. The lowest BCUT2D eigenvalue weighted by molar-refractivity contribution is 0.0772. The van der Waals surface area contributed by atoms with E-state index in [0.717, 1.165) is 0 Å². The summed E-state index contributed by atoms with van der Waals surface area (Å²) in [6.07, 6.45) is 4.57. The van der Waals surface area contributed by atoms with Crippen molar-refractivity contribution in [3.63, 3.8) is 0 Å². The van der Waals surface area contributed by atoms with Crippen molar-refractivity contribution in [2.75, 3.05) is 13.1 Å². The SMILES string of the molecule is CCN(CC)C(=O)c1ccc(-n2cncn2)nc1. The molecule has 0 spiro atoms. The Bertz CT molecular complexity index is 502. The first kappa shape index (κ1) is 12.2. The van der Waals surface area contributed by atoms with Crippen molar-refractivity contribution in [3.05, 3.63) is 36.5 Å². The highest BCUT2D eigenvalue weighted by molar-refractivity contribution is 5.93. The molecule has 2 aromatic rings. The van der Waals surface area contributed by atoms with Crippen molar-refractivity contribution in [1.29, 1.82) is 0 Å². The molecule has 1 amide bonds. The van der Waals surface area contributed by atoms with Crippen LogP contribution in [0.2, 0.25) is 0 Å². The van der Waals surface area contributed by atoms with E-state index in [9.17, 15) is 4.79 Å². The van der Waals surface area contributed by atoms with Crippen LogP contribution in [0.4, 0.5) is 0 Å². The standard InChI is InChI=1S/C12H15N5O/c1-3-16(4-2)12(18)10-5-6-11(14-7-10)17-9-13-8-15-17/h5-9H,3-4H2,1-2H3. The third-order valence-corrected chi connectivity index (χ3v) is 2.70. The fourth-order valence-electron chi connectivity index (χ4n) is 1.67. The molecule has 0 aromatic carbocycles. The molecule has 2 aromatic heterocycles. The highest BCUT2D eigenvalue weighted by Gasteiger charge is 2.12. The Morgan fingerprint density at radius 1 is 1.33 bits per heavy atom. The summed E-state index contributed by atoms with van der Waals surface area (Å²) in [6.45, 7) is 5.30. The minimum atomic E-state index is -0.00218. The number of aromatic nitrogens is 4. The zero-order valence-corrected chi connectivity index (χ0v) is 10.4. The molecule has 0 unspecified atom stereocenters. The Morgan fingerprint density at radius 2 is 2.11 bits per heavy atom. The maximum atomic E-state index is 12.1. The third-order valence-electron chi connectivity index (χ3n) is 2.70. The molecule has 0 radical (unpaired) electrons. The number of amides is 1. The molecular weight excluding hydrogens is 230 g/mol. The average Bonchev–Trinajstić information content (AvgIpc) is 2.94. The highest BCUT2D eigenvalue weighted by atomic mass is 16.2. The van der Waals surface area contributed by atoms with Crippen LogP contribution in [0, 0.1) is 0 Å². The predicted octanol–water partition coefficient (Wildman–Crippen LogP) is 1.14. The van der Waals surface area contributed by atoms with Gasteiger partial charge in [0.2, 0.25) is 0 Å². The molecule has 0 N–H and O–H groups in total. The van der Waals surface area contributed by atoms with Crippen LogP contribution in [0.15, 0.2) is 31.0 Å². The Hall–Kier alpha value is -2.24. The van der Waals surface area contributed by atoms with E-state index in [1.807, 2.05) is 13.8 Å². The Labute approximate surface area is 105 Å². The molecule has 0 aliphatic heterocycles. The minimum absolute atomic E-state index is 0.00218. The van der Waals surface area contributed by atoms with Crippen LogP contribution in [0.25, 0.3) is 5.82 Å². The molecule has 94 valence electrons. The molecule has 6 heteroatoms. The van der Waals surface area contributed by atoms with Crippen molar-refractivity contribution in [2.24, 2.45) is 0 Å². The van der Waals surface area contributed by atoms with Gasteiger partial charge in [-0.1, -0.05) is 0 Å². The second-order valence-corrected chi connectivity index (χ2v) is 3.72. The molecule has 0 fully saturated rings. The fourth-order valence-corrected chi connectivity index (χ4v) is 1.67. The second kappa shape index (κ2) is 5.39. The van der Waals surface area contributed by atoms with Crippen LogP contribution in [-0.2, 0) is 0 Å². The Balaban J connectivity index is 2.20. The van der Waals surface area contributed by atoms with Crippen molar-refractivity contribution >= 4 is 5.91 Å². The Morgan fingerprint density at radius 3 is 2.61 bits per heavy atom. The number of pyridine rings is 1. The number of carbonyl (C=O) groups is 1. The van der Waals surface area contributed by atoms with Gasteiger partial charge in [-0.3, -0.25) is 4.79 Å². The van der Waals surface area contributed by atoms with Gasteiger partial charge >= 0.3 is 0 Å². The van der Waals surface area contributed by atoms with E-state index < -0.39 is 0 Å². The van der Waals surface area contributed by atoms with Crippen LogP contribution in [0.5, 0.6) is 0 Å². The van der Waals surface area contributed by atoms with Gasteiger partial charge in [-0.2, -0.15) is 5.10 Å². The highest BCUT2D eigenvalue weighted by Crippen LogP contribution is 2.07. The van der Waals surface area contributed by atoms with Crippen LogP contribution in [-0.4, -0.2) is 43.6 Å². The summed E-state index contributed by atoms with van der Waals surface area (Å²) in [6, 6.07) is 3.51. The normalized spacial score (nSPS) is 10.3. The summed E-state index contributed by atoms with van der Waals surface area (Å²) < 4.78 is 1.55. The number of hydrogen-bond donors (Lipinski definition) is 0. The Kier molecular flexibility index (Phi) is 3.66. The lowest BCUT2D eigenvalue weighted by atomic mass is 10.2. The molecular formula is C12H15N5O. The van der Waals surface area contributed by atoms with Gasteiger partial charge in [0.15, 0.2) is 5.82 Å². The van der Waals surface area contributed by atoms with Gasteiger partial charge in [-0.15, -0.1) is 0 Å². The monoisotopic (exact) mass is 245 g/mol.